The maximum absolute atomic E-state index is 10.6. The standard InChI is InChI=1S/C7H4Cl2O4S.Na/c8-4-2-5(9)6(14(12)13)1-3(4)7(10)11;/h1-2,5H,(H,10,11);. The molecule has 0 aromatic carbocycles. The third-order valence-electron chi connectivity index (χ3n) is 1.53. The Balaban J connectivity index is 0.00000196. The zero-order chi connectivity index (χ0) is 10.9. The van der Waals surface area contributed by atoms with Gasteiger partial charge in [-0.15, -0.1) is 11.6 Å². The molecule has 0 heterocycles. The van der Waals surface area contributed by atoms with Crippen molar-refractivity contribution in [2.75, 3.05) is 0 Å². The van der Waals surface area contributed by atoms with E-state index in [1.807, 2.05) is 0 Å². The van der Waals surface area contributed by atoms with E-state index >= 15 is 0 Å². The Bertz CT molecular complexity index is 469. The Labute approximate surface area is 119 Å². The van der Waals surface area contributed by atoms with Crippen LogP contribution in [0.5, 0.6) is 0 Å². The van der Waals surface area contributed by atoms with Gasteiger partial charge in [-0.3, -0.25) is 0 Å². The van der Waals surface area contributed by atoms with Gasteiger partial charge in [0.2, 0.25) is 10.3 Å². The van der Waals surface area contributed by atoms with Crippen molar-refractivity contribution in [3.8, 4) is 0 Å². The Kier molecular flexibility index (Phi) is 6.17. The maximum atomic E-state index is 10.6. The molecule has 0 aromatic rings. The minimum Gasteiger partial charge on any atom is -0.478 e. The number of hydrogen-bond donors (Lipinski definition) is 1. The zero-order valence-electron chi connectivity index (χ0n) is 7.57. The van der Waals surface area contributed by atoms with Crippen molar-refractivity contribution in [3.63, 3.8) is 0 Å². The van der Waals surface area contributed by atoms with Gasteiger partial charge < -0.3 is 5.11 Å². The van der Waals surface area contributed by atoms with Crippen LogP contribution < -0.4 is 0 Å². The van der Waals surface area contributed by atoms with E-state index in [0.29, 0.717) is 0 Å². The molecule has 77 valence electrons. The van der Waals surface area contributed by atoms with Gasteiger partial charge in [0.25, 0.3) is 0 Å². The van der Waals surface area contributed by atoms with Gasteiger partial charge in [0.1, 0.15) is 0 Å². The second kappa shape index (κ2) is 6.08. The van der Waals surface area contributed by atoms with Crippen LogP contribution in [0.25, 0.3) is 0 Å². The molecule has 0 amide bonds. The third kappa shape index (κ3) is 3.62. The van der Waals surface area contributed by atoms with Gasteiger partial charge >= 0.3 is 5.97 Å². The van der Waals surface area contributed by atoms with Crippen LogP contribution in [0.15, 0.2) is 22.8 Å². The molecule has 1 N–H and O–H groups in total. The molecule has 1 aliphatic rings. The molecule has 8 heteroatoms. The summed E-state index contributed by atoms with van der Waals surface area (Å²) in [5, 5.41) is 7.67. The first-order valence-electron chi connectivity index (χ1n) is 3.36. The summed E-state index contributed by atoms with van der Waals surface area (Å²) in [4.78, 5) is 10.4. The number of allylic oxidation sites excluding steroid dienone is 2. The summed E-state index contributed by atoms with van der Waals surface area (Å²) in [5.41, 5.74) is -0.275. The minimum absolute atomic E-state index is 0. The molecule has 1 atom stereocenters. The number of carboxylic acid groups (broad SMARTS) is 1. The molecule has 1 rings (SSSR count). The van der Waals surface area contributed by atoms with Crippen LogP contribution in [0.4, 0.5) is 0 Å². The van der Waals surface area contributed by atoms with E-state index in [1.54, 1.807) is 0 Å². The Morgan fingerprint density at radius 3 is 2.40 bits per heavy atom. The fourth-order valence-corrected chi connectivity index (χ4v) is 2.09. The summed E-state index contributed by atoms with van der Waals surface area (Å²) < 4.78 is 21.2. The second-order valence-electron chi connectivity index (χ2n) is 2.42. The predicted molar refractivity (Wildman–Crippen MR) is 59.0 cm³/mol. The van der Waals surface area contributed by atoms with E-state index in [2.05, 4.69) is 0 Å². The monoisotopic (exact) mass is 277 g/mol. The fourth-order valence-electron chi connectivity index (χ4n) is 0.895. The molecule has 0 saturated heterocycles. The van der Waals surface area contributed by atoms with Crippen LogP contribution in [0.1, 0.15) is 0 Å². The average molecular weight is 278 g/mol. The van der Waals surface area contributed by atoms with E-state index in [9.17, 15) is 13.2 Å². The Morgan fingerprint density at radius 1 is 1.47 bits per heavy atom. The van der Waals surface area contributed by atoms with Crippen molar-refractivity contribution >= 4 is 73.9 Å². The van der Waals surface area contributed by atoms with Crippen molar-refractivity contribution in [2.45, 2.75) is 5.38 Å². The van der Waals surface area contributed by atoms with Crippen molar-refractivity contribution in [3.05, 3.63) is 22.8 Å². The van der Waals surface area contributed by atoms with Crippen LogP contribution >= 0.6 is 23.2 Å². The quantitative estimate of drug-likeness (QED) is 0.428. The molecule has 0 saturated carbocycles. The first-order valence-corrected chi connectivity index (χ1v) is 5.25. The number of alkyl halides is 1. The van der Waals surface area contributed by atoms with E-state index < -0.39 is 21.6 Å². The summed E-state index contributed by atoms with van der Waals surface area (Å²) >= 11 is 11.2. The van der Waals surface area contributed by atoms with Crippen LogP contribution in [-0.2, 0) is 15.1 Å². The number of aliphatic carboxylic acids is 1. The summed E-state index contributed by atoms with van der Waals surface area (Å²) in [7, 11) is -2.54. The third-order valence-corrected chi connectivity index (χ3v) is 3.11. The van der Waals surface area contributed by atoms with E-state index in [0.717, 1.165) is 12.2 Å². The molecule has 1 unspecified atom stereocenters. The molecular formula is C7H4Cl2NaO4S. The number of carboxylic acids is 1. The van der Waals surface area contributed by atoms with Crippen molar-refractivity contribution < 1.29 is 18.3 Å². The van der Waals surface area contributed by atoms with Crippen LogP contribution in [0.3, 0.4) is 0 Å². The summed E-state index contributed by atoms with van der Waals surface area (Å²) in [6.07, 6.45) is 2.11. The van der Waals surface area contributed by atoms with Gasteiger partial charge in [0.05, 0.1) is 20.8 Å². The largest absolute Gasteiger partial charge is 0.478 e. The SMILES string of the molecule is O=C(O)C1=CC(=S(=O)=O)C(Cl)C=C1Cl.[Na]. The number of hydrogen-bond acceptors (Lipinski definition) is 3. The van der Waals surface area contributed by atoms with Crippen LogP contribution in [-0.4, -0.2) is 59.3 Å². The topological polar surface area (TPSA) is 71.4 Å². The van der Waals surface area contributed by atoms with Crippen LogP contribution in [0.2, 0.25) is 0 Å². The molecule has 1 radical (unpaired) electrons. The number of halogens is 2. The van der Waals surface area contributed by atoms with Crippen LogP contribution in [0, 0.1) is 0 Å². The smallest absolute Gasteiger partial charge is 0.337 e. The maximum Gasteiger partial charge on any atom is 0.337 e. The minimum atomic E-state index is -2.54. The van der Waals surface area contributed by atoms with Gasteiger partial charge in [-0.25, -0.2) is 4.79 Å². The van der Waals surface area contributed by atoms with Crippen molar-refractivity contribution in [1.82, 2.24) is 0 Å². The fraction of sp³-hybridized carbons (Fsp3) is 0.143. The first-order chi connectivity index (χ1) is 6.43. The summed E-state index contributed by atoms with van der Waals surface area (Å²) in [5.74, 6) is -1.29. The van der Waals surface area contributed by atoms with Gasteiger partial charge in [0, 0.05) is 29.6 Å². The first kappa shape index (κ1) is 15.2. The number of carbonyl (C=O) groups is 1. The molecule has 0 aliphatic heterocycles. The van der Waals surface area contributed by atoms with Gasteiger partial charge in [-0.05, 0) is 12.2 Å². The van der Waals surface area contributed by atoms with Crippen molar-refractivity contribution in [2.24, 2.45) is 0 Å². The molecule has 15 heavy (non-hydrogen) atoms. The molecule has 4 nitrogen and oxygen atoms in total. The molecule has 0 aromatic heterocycles. The molecule has 0 fully saturated rings. The van der Waals surface area contributed by atoms with Gasteiger partial charge in [-0.1, -0.05) is 11.6 Å². The zero-order valence-corrected chi connectivity index (χ0v) is 11.9. The van der Waals surface area contributed by atoms with E-state index in [1.165, 1.54) is 0 Å². The van der Waals surface area contributed by atoms with Gasteiger partial charge in [-0.2, -0.15) is 8.42 Å². The van der Waals surface area contributed by atoms with E-state index in [4.69, 9.17) is 28.3 Å². The molecule has 1 aliphatic carbocycles. The Hall–Kier alpha value is 0.220. The average Bonchev–Trinajstić information content (AvgIpc) is 2.02. The Morgan fingerprint density at radius 2 is 2.00 bits per heavy atom. The summed E-state index contributed by atoms with van der Waals surface area (Å²) in [6.45, 7) is 0. The molecular weight excluding hydrogens is 274 g/mol. The molecule has 0 bridgehead atoms. The van der Waals surface area contributed by atoms with Gasteiger partial charge in [0.15, 0.2) is 0 Å². The molecule has 0 spiro atoms. The predicted octanol–water partition coefficient (Wildman–Crippen LogP) is 0.412. The normalized spacial score (nSPS) is 19.9. The summed E-state index contributed by atoms with van der Waals surface area (Å²) in [6, 6.07) is 0. The number of rotatable bonds is 1. The van der Waals surface area contributed by atoms with E-state index in [-0.39, 0.29) is 45.0 Å². The second-order valence-corrected chi connectivity index (χ2v) is 4.23. The van der Waals surface area contributed by atoms with Crippen molar-refractivity contribution in [1.29, 1.82) is 0 Å².